The summed E-state index contributed by atoms with van der Waals surface area (Å²) < 4.78 is 10.7. The van der Waals surface area contributed by atoms with Crippen LogP contribution < -0.4 is 9.47 Å². The summed E-state index contributed by atoms with van der Waals surface area (Å²) in [4.78, 5) is 1.99. The van der Waals surface area contributed by atoms with Crippen LogP contribution in [-0.4, -0.2) is 31.7 Å². The van der Waals surface area contributed by atoms with E-state index in [-0.39, 0.29) is 11.1 Å². The van der Waals surface area contributed by atoms with Gasteiger partial charge in [-0.05, 0) is 38.0 Å². The molecule has 0 atom stereocenters. The van der Waals surface area contributed by atoms with Crippen LogP contribution in [-0.2, 0) is 6.42 Å². The second kappa shape index (κ2) is 5.61. The van der Waals surface area contributed by atoms with Crippen LogP contribution in [0.25, 0.3) is 5.70 Å². The van der Waals surface area contributed by atoms with Gasteiger partial charge in [0, 0.05) is 18.2 Å². The molecule has 2 rings (SSSR count). The number of likely N-dealkylation sites (N-methyl/N-ethyl adjacent to an activating group) is 1. The Labute approximate surface area is 131 Å². The van der Waals surface area contributed by atoms with E-state index in [1.54, 1.807) is 14.2 Å². The van der Waals surface area contributed by atoms with E-state index >= 15 is 0 Å². The van der Waals surface area contributed by atoms with Gasteiger partial charge in [-0.1, -0.05) is 0 Å². The number of nitriles is 2. The normalized spacial score (nSPS) is 15.4. The van der Waals surface area contributed by atoms with E-state index in [2.05, 4.69) is 13.8 Å². The van der Waals surface area contributed by atoms with Crippen LogP contribution in [0.3, 0.4) is 0 Å². The van der Waals surface area contributed by atoms with Crippen molar-refractivity contribution in [2.24, 2.45) is 0 Å². The molecule has 0 fully saturated rings. The van der Waals surface area contributed by atoms with E-state index in [0.717, 1.165) is 17.5 Å². The minimum Gasteiger partial charge on any atom is -0.493 e. The Balaban J connectivity index is 2.82. The van der Waals surface area contributed by atoms with Gasteiger partial charge in [0.25, 0.3) is 0 Å². The molecule has 1 aliphatic rings. The summed E-state index contributed by atoms with van der Waals surface area (Å²) in [5.74, 6) is 1.23. The van der Waals surface area contributed by atoms with Crippen molar-refractivity contribution >= 4 is 5.70 Å². The van der Waals surface area contributed by atoms with E-state index < -0.39 is 0 Å². The topological polar surface area (TPSA) is 69.3 Å². The molecule has 0 spiro atoms. The zero-order valence-corrected chi connectivity index (χ0v) is 13.5. The Bertz CT molecular complexity index is 705. The van der Waals surface area contributed by atoms with E-state index in [1.165, 1.54) is 0 Å². The third-order valence-electron chi connectivity index (χ3n) is 4.19. The average molecular weight is 297 g/mol. The molecule has 0 saturated heterocycles. The van der Waals surface area contributed by atoms with Crippen LogP contribution in [0, 0.1) is 22.7 Å². The molecule has 0 bridgehead atoms. The molecule has 0 N–H and O–H groups in total. The Hall–Kier alpha value is -2.66. The molecule has 0 saturated carbocycles. The number of methoxy groups -OCH3 is 2. The third kappa shape index (κ3) is 2.35. The highest BCUT2D eigenvalue weighted by molar-refractivity contribution is 5.79. The van der Waals surface area contributed by atoms with Crippen molar-refractivity contribution in [1.29, 1.82) is 10.5 Å². The van der Waals surface area contributed by atoms with Gasteiger partial charge in [0.15, 0.2) is 17.1 Å². The van der Waals surface area contributed by atoms with Gasteiger partial charge >= 0.3 is 0 Å². The van der Waals surface area contributed by atoms with Gasteiger partial charge in [0.05, 0.1) is 19.9 Å². The number of hydrogen-bond acceptors (Lipinski definition) is 5. The highest BCUT2D eigenvalue weighted by Gasteiger charge is 2.36. The summed E-state index contributed by atoms with van der Waals surface area (Å²) in [6, 6.07) is 7.77. The lowest BCUT2D eigenvalue weighted by atomic mass is 9.82. The van der Waals surface area contributed by atoms with Crippen molar-refractivity contribution in [3.63, 3.8) is 0 Å². The Kier molecular flexibility index (Phi) is 4.01. The fraction of sp³-hybridized carbons (Fsp3) is 0.412. The minimum absolute atomic E-state index is 0.101. The van der Waals surface area contributed by atoms with Gasteiger partial charge in [-0.25, -0.2) is 0 Å². The molecule has 1 aromatic carbocycles. The third-order valence-corrected chi connectivity index (χ3v) is 4.19. The van der Waals surface area contributed by atoms with Crippen LogP contribution in [0.4, 0.5) is 0 Å². The fourth-order valence-electron chi connectivity index (χ4n) is 2.79. The molecule has 0 amide bonds. The molecule has 5 heteroatoms. The largest absolute Gasteiger partial charge is 0.493 e. The first-order valence-corrected chi connectivity index (χ1v) is 6.93. The first kappa shape index (κ1) is 15.7. The monoisotopic (exact) mass is 297 g/mol. The standard InChI is InChI=1S/C17H19N3O2/c1-17(2)8-11-6-14(21-4)15(22-5)7-13(11)16(20(17)3)12(9-18)10-19/h6-7H,8H2,1-5H3. The van der Waals surface area contributed by atoms with Crippen molar-refractivity contribution in [3.8, 4) is 23.6 Å². The van der Waals surface area contributed by atoms with Gasteiger partial charge in [-0.15, -0.1) is 0 Å². The molecule has 0 radical (unpaired) electrons. The Morgan fingerprint density at radius 2 is 1.68 bits per heavy atom. The first-order chi connectivity index (χ1) is 10.4. The van der Waals surface area contributed by atoms with Crippen molar-refractivity contribution in [2.75, 3.05) is 21.3 Å². The summed E-state index contributed by atoms with van der Waals surface area (Å²) in [7, 11) is 5.07. The summed E-state index contributed by atoms with van der Waals surface area (Å²) in [6.07, 6.45) is 0.785. The lowest BCUT2D eigenvalue weighted by Crippen LogP contribution is -2.45. The summed E-state index contributed by atoms with van der Waals surface area (Å²) in [5.41, 5.74) is 2.42. The number of benzene rings is 1. The number of ether oxygens (including phenoxy) is 2. The van der Waals surface area contributed by atoms with Gasteiger partial charge in [0.2, 0.25) is 0 Å². The van der Waals surface area contributed by atoms with Gasteiger partial charge < -0.3 is 14.4 Å². The molecular weight excluding hydrogens is 278 g/mol. The van der Waals surface area contributed by atoms with Crippen molar-refractivity contribution < 1.29 is 9.47 Å². The second-order valence-electron chi connectivity index (χ2n) is 5.86. The molecule has 1 heterocycles. The molecule has 114 valence electrons. The second-order valence-corrected chi connectivity index (χ2v) is 5.86. The fourth-order valence-corrected chi connectivity index (χ4v) is 2.79. The molecule has 0 aliphatic carbocycles. The van der Waals surface area contributed by atoms with E-state index in [9.17, 15) is 10.5 Å². The predicted octanol–water partition coefficient (Wildman–Crippen LogP) is 2.73. The van der Waals surface area contributed by atoms with Gasteiger partial charge in [-0.3, -0.25) is 0 Å². The summed E-state index contributed by atoms with van der Waals surface area (Å²) >= 11 is 0. The van der Waals surface area contributed by atoms with Crippen molar-refractivity contribution in [3.05, 3.63) is 28.8 Å². The molecule has 1 aromatic rings. The Morgan fingerprint density at radius 1 is 1.14 bits per heavy atom. The van der Waals surface area contributed by atoms with E-state index in [0.29, 0.717) is 17.2 Å². The average Bonchev–Trinajstić information content (AvgIpc) is 2.50. The number of rotatable bonds is 2. The van der Waals surface area contributed by atoms with Crippen LogP contribution >= 0.6 is 0 Å². The zero-order chi connectivity index (χ0) is 16.5. The van der Waals surface area contributed by atoms with Crippen LogP contribution in [0.15, 0.2) is 17.7 Å². The summed E-state index contributed by atoms with van der Waals surface area (Å²) in [6.45, 7) is 4.16. The predicted molar refractivity (Wildman–Crippen MR) is 83.2 cm³/mol. The first-order valence-electron chi connectivity index (χ1n) is 6.93. The molecule has 0 aromatic heterocycles. The van der Waals surface area contributed by atoms with E-state index in [1.807, 2.05) is 36.2 Å². The zero-order valence-electron chi connectivity index (χ0n) is 13.5. The number of hydrogen-bond donors (Lipinski definition) is 0. The maximum Gasteiger partial charge on any atom is 0.161 e. The highest BCUT2D eigenvalue weighted by Crippen LogP contribution is 2.42. The lowest BCUT2D eigenvalue weighted by molar-refractivity contribution is 0.227. The minimum atomic E-state index is -0.207. The maximum absolute atomic E-state index is 9.31. The molecule has 5 nitrogen and oxygen atoms in total. The summed E-state index contributed by atoms with van der Waals surface area (Å²) in [5, 5.41) is 18.6. The SMILES string of the molecule is COc1cc2c(cc1OC)C(=C(C#N)C#N)N(C)C(C)(C)C2. The van der Waals surface area contributed by atoms with Gasteiger partial charge in [-0.2, -0.15) is 10.5 Å². The maximum atomic E-state index is 9.31. The quantitative estimate of drug-likeness (QED) is 0.785. The molecule has 0 unspecified atom stereocenters. The number of allylic oxidation sites excluding steroid dienone is 1. The molecule has 1 aliphatic heterocycles. The van der Waals surface area contributed by atoms with Crippen molar-refractivity contribution in [2.45, 2.75) is 25.8 Å². The van der Waals surface area contributed by atoms with Crippen LogP contribution in [0.5, 0.6) is 11.5 Å². The Morgan fingerprint density at radius 3 is 2.18 bits per heavy atom. The smallest absolute Gasteiger partial charge is 0.161 e. The van der Waals surface area contributed by atoms with Crippen molar-refractivity contribution in [1.82, 2.24) is 4.90 Å². The van der Waals surface area contributed by atoms with Gasteiger partial charge in [0.1, 0.15) is 12.1 Å². The lowest BCUT2D eigenvalue weighted by Gasteiger charge is -2.44. The number of fused-ring (bicyclic) bond motifs is 1. The molecule has 22 heavy (non-hydrogen) atoms. The van der Waals surface area contributed by atoms with Crippen LogP contribution in [0.1, 0.15) is 25.0 Å². The number of nitrogens with zero attached hydrogens (tertiary/aromatic N) is 3. The van der Waals surface area contributed by atoms with Crippen LogP contribution in [0.2, 0.25) is 0 Å². The van der Waals surface area contributed by atoms with E-state index in [4.69, 9.17) is 9.47 Å². The molecular formula is C17H19N3O2. The highest BCUT2D eigenvalue weighted by atomic mass is 16.5.